The Labute approximate surface area is 117 Å². The van der Waals surface area contributed by atoms with Gasteiger partial charge in [0, 0.05) is 12.8 Å². The molecule has 20 heavy (non-hydrogen) atoms. The van der Waals surface area contributed by atoms with E-state index in [2.05, 4.69) is 17.2 Å². The van der Waals surface area contributed by atoms with E-state index in [1.807, 2.05) is 0 Å². The van der Waals surface area contributed by atoms with Crippen molar-refractivity contribution in [2.75, 3.05) is 0 Å². The lowest BCUT2D eigenvalue weighted by atomic mass is 10.0. The van der Waals surface area contributed by atoms with Crippen LogP contribution in [-0.4, -0.2) is 28.9 Å². The first-order valence-corrected chi connectivity index (χ1v) is 6.80. The number of aromatic carboxylic acids is 1. The third-order valence-corrected chi connectivity index (χ3v) is 3.31. The number of nitrogens with one attached hydrogen (secondary N) is 1. The van der Waals surface area contributed by atoms with E-state index in [9.17, 15) is 9.59 Å². The summed E-state index contributed by atoms with van der Waals surface area (Å²) >= 11 is 0. The van der Waals surface area contributed by atoms with Crippen molar-refractivity contribution < 1.29 is 14.7 Å². The Morgan fingerprint density at radius 1 is 1.40 bits per heavy atom. The molecule has 0 aliphatic carbocycles. The Morgan fingerprint density at radius 3 is 2.85 bits per heavy atom. The van der Waals surface area contributed by atoms with Crippen molar-refractivity contribution >= 4 is 17.7 Å². The van der Waals surface area contributed by atoms with Crippen LogP contribution in [-0.2, 0) is 11.2 Å². The number of unbranched alkanes of at least 4 members (excludes halogenated alkanes) is 1. The Bertz CT molecular complexity index is 552. The van der Waals surface area contributed by atoms with Crippen molar-refractivity contribution in [3.8, 4) is 0 Å². The lowest BCUT2D eigenvalue weighted by Crippen LogP contribution is -2.30. The standard InChI is InChI=1S/C15H18N2O3/c1-2-3-8-13-16-12(14(18)17-13)9-10-6-4-5-7-11(10)15(19)20/h4-7,12H,2-3,8-9H2,1H3,(H,19,20)(H,16,17,18). The summed E-state index contributed by atoms with van der Waals surface area (Å²) in [6.45, 7) is 2.08. The maximum absolute atomic E-state index is 11.9. The molecule has 1 aliphatic heterocycles. The van der Waals surface area contributed by atoms with Crippen molar-refractivity contribution in [3.05, 3.63) is 35.4 Å². The summed E-state index contributed by atoms with van der Waals surface area (Å²) in [5.41, 5.74) is 0.873. The second-order valence-electron chi connectivity index (χ2n) is 4.85. The molecule has 0 saturated heterocycles. The average Bonchev–Trinajstić information content (AvgIpc) is 2.77. The first-order valence-electron chi connectivity index (χ1n) is 6.80. The van der Waals surface area contributed by atoms with Crippen LogP contribution in [0.1, 0.15) is 42.1 Å². The highest BCUT2D eigenvalue weighted by molar-refractivity contribution is 6.06. The van der Waals surface area contributed by atoms with E-state index < -0.39 is 12.0 Å². The largest absolute Gasteiger partial charge is 0.478 e. The molecule has 106 valence electrons. The summed E-state index contributed by atoms with van der Waals surface area (Å²) in [7, 11) is 0. The molecule has 0 bridgehead atoms. The number of carbonyl (C=O) groups is 2. The van der Waals surface area contributed by atoms with Crippen molar-refractivity contribution in [2.45, 2.75) is 38.6 Å². The molecule has 0 saturated carbocycles. The zero-order valence-electron chi connectivity index (χ0n) is 11.4. The summed E-state index contributed by atoms with van der Waals surface area (Å²) in [4.78, 5) is 27.4. The molecule has 1 unspecified atom stereocenters. The number of rotatable bonds is 6. The van der Waals surface area contributed by atoms with Crippen molar-refractivity contribution in [3.63, 3.8) is 0 Å². The highest BCUT2D eigenvalue weighted by atomic mass is 16.4. The number of amidine groups is 1. The molecule has 5 heteroatoms. The average molecular weight is 274 g/mol. The fourth-order valence-electron chi connectivity index (χ4n) is 2.23. The Kier molecular flexibility index (Phi) is 4.50. The second-order valence-corrected chi connectivity index (χ2v) is 4.85. The van der Waals surface area contributed by atoms with E-state index in [1.54, 1.807) is 24.3 Å². The number of hydrogen-bond donors (Lipinski definition) is 2. The zero-order valence-corrected chi connectivity index (χ0v) is 11.4. The van der Waals surface area contributed by atoms with Gasteiger partial charge in [-0.15, -0.1) is 0 Å². The molecule has 0 fully saturated rings. The zero-order chi connectivity index (χ0) is 14.5. The van der Waals surface area contributed by atoms with Crippen molar-refractivity contribution in [1.82, 2.24) is 5.32 Å². The summed E-state index contributed by atoms with van der Waals surface area (Å²) in [5, 5.41) is 11.9. The third kappa shape index (κ3) is 3.23. The molecular weight excluding hydrogens is 256 g/mol. The minimum atomic E-state index is -0.978. The molecule has 1 atom stereocenters. The summed E-state index contributed by atoms with van der Waals surface area (Å²) < 4.78 is 0. The lowest BCUT2D eigenvalue weighted by Gasteiger charge is -2.07. The van der Waals surface area contributed by atoms with Crippen LogP contribution in [0.15, 0.2) is 29.3 Å². The van der Waals surface area contributed by atoms with Gasteiger partial charge < -0.3 is 10.4 Å². The first kappa shape index (κ1) is 14.2. The molecule has 1 aromatic carbocycles. The molecule has 2 N–H and O–H groups in total. The normalized spacial score (nSPS) is 17.8. The van der Waals surface area contributed by atoms with Crippen LogP contribution in [0.4, 0.5) is 0 Å². The molecule has 1 aromatic rings. The monoisotopic (exact) mass is 274 g/mol. The molecule has 2 rings (SSSR count). The molecule has 5 nitrogen and oxygen atoms in total. The van der Waals surface area contributed by atoms with Crippen LogP contribution >= 0.6 is 0 Å². The van der Waals surface area contributed by atoms with Crippen LogP contribution in [0, 0.1) is 0 Å². The molecular formula is C15H18N2O3. The van der Waals surface area contributed by atoms with Crippen LogP contribution in [0.25, 0.3) is 0 Å². The number of aliphatic imine (C=N–C) groups is 1. The van der Waals surface area contributed by atoms with Gasteiger partial charge in [0.15, 0.2) is 0 Å². The summed E-state index contributed by atoms with van der Waals surface area (Å²) in [6.07, 6.45) is 3.11. The predicted molar refractivity (Wildman–Crippen MR) is 76.0 cm³/mol. The van der Waals surface area contributed by atoms with Gasteiger partial charge in [0.25, 0.3) is 0 Å². The van der Waals surface area contributed by atoms with Gasteiger partial charge in [-0.2, -0.15) is 0 Å². The number of carboxylic acid groups (broad SMARTS) is 1. The number of amides is 1. The van der Waals surface area contributed by atoms with E-state index in [0.29, 0.717) is 12.0 Å². The first-order chi connectivity index (χ1) is 9.61. The number of hydrogen-bond acceptors (Lipinski definition) is 3. The van der Waals surface area contributed by atoms with E-state index >= 15 is 0 Å². The fraction of sp³-hybridized carbons (Fsp3) is 0.400. The minimum Gasteiger partial charge on any atom is -0.478 e. The Balaban J connectivity index is 2.12. The molecule has 0 spiro atoms. The molecule has 1 heterocycles. The Hall–Kier alpha value is -2.17. The van der Waals surface area contributed by atoms with Gasteiger partial charge >= 0.3 is 5.97 Å². The van der Waals surface area contributed by atoms with Gasteiger partial charge in [-0.3, -0.25) is 9.79 Å². The van der Waals surface area contributed by atoms with E-state index in [-0.39, 0.29) is 11.5 Å². The van der Waals surface area contributed by atoms with Crippen molar-refractivity contribution in [2.24, 2.45) is 4.99 Å². The summed E-state index contributed by atoms with van der Waals surface area (Å²) in [5.74, 6) is -0.403. The SMILES string of the molecule is CCCCC1=NC(Cc2ccccc2C(=O)O)C(=O)N1. The van der Waals surface area contributed by atoms with E-state index in [1.165, 1.54) is 0 Å². The van der Waals surface area contributed by atoms with Gasteiger partial charge in [0.2, 0.25) is 5.91 Å². The number of carbonyl (C=O) groups excluding carboxylic acids is 1. The molecule has 1 aliphatic rings. The highest BCUT2D eigenvalue weighted by Crippen LogP contribution is 2.16. The maximum atomic E-state index is 11.9. The van der Waals surface area contributed by atoms with E-state index in [4.69, 9.17) is 5.11 Å². The van der Waals surface area contributed by atoms with Crippen molar-refractivity contribution in [1.29, 1.82) is 0 Å². The number of carboxylic acids is 1. The van der Waals surface area contributed by atoms with Crippen LogP contribution in [0.2, 0.25) is 0 Å². The number of benzene rings is 1. The summed E-state index contributed by atoms with van der Waals surface area (Å²) in [6, 6.07) is 6.22. The highest BCUT2D eigenvalue weighted by Gasteiger charge is 2.27. The molecule has 0 radical (unpaired) electrons. The quantitative estimate of drug-likeness (QED) is 0.833. The molecule has 0 aromatic heterocycles. The molecule has 1 amide bonds. The maximum Gasteiger partial charge on any atom is 0.335 e. The van der Waals surface area contributed by atoms with Gasteiger partial charge in [0.05, 0.1) is 5.56 Å². The number of nitrogens with zero attached hydrogens (tertiary/aromatic N) is 1. The fourth-order valence-corrected chi connectivity index (χ4v) is 2.23. The second kappa shape index (κ2) is 6.32. The smallest absolute Gasteiger partial charge is 0.335 e. The van der Waals surface area contributed by atoms with Crippen LogP contribution in [0.3, 0.4) is 0 Å². The predicted octanol–water partition coefficient (Wildman–Crippen LogP) is 2.01. The Morgan fingerprint density at radius 2 is 2.15 bits per heavy atom. The van der Waals surface area contributed by atoms with Gasteiger partial charge in [-0.05, 0) is 18.1 Å². The third-order valence-electron chi connectivity index (χ3n) is 3.31. The van der Waals surface area contributed by atoms with Crippen LogP contribution < -0.4 is 5.32 Å². The van der Waals surface area contributed by atoms with Gasteiger partial charge in [-0.1, -0.05) is 31.5 Å². The van der Waals surface area contributed by atoms with Gasteiger partial charge in [0.1, 0.15) is 11.9 Å². The lowest BCUT2D eigenvalue weighted by molar-refractivity contribution is -0.120. The van der Waals surface area contributed by atoms with E-state index in [0.717, 1.165) is 25.1 Å². The van der Waals surface area contributed by atoms with Crippen LogP contribution in [0.5, 0.6) is 0 Å². The van der Waals surface area contributed by atoms with Gasteiger partial charge in [-0.25, -0.2) is 4.79 Å². The minimum absolute atomic E-state index is 0.142. The topological polar surface area (TPSA) is 78.8 Å².